The van der Waals surface area contributed by atoms with Gasteiger partial charge in [0.2, 0.25) is 0 Å². The number of aromatic nitrogens is 1. The van der Waals surface area contributed by atoms with Gasteiger partial charge in [-0.15, -0.1) is 0 Å². The molecule has 0 aromatic carbocycles. The molecule has 0 saturated carbocycles. The van der Waals surface area contributed by atoms with E-state index in [0.29, 0.717) is 18.7 Å². The summed E-state index contributed by atoms with van der Waals surface area (Å²) >= 11 is 0. The fourth-order valence-electron chi connectivity index (χ4n) is 1.97. The Morgan fingerprint density at radius 1 is 1.56 bits per heavy atom. The van der Waals surface area contributed by atoms with E-state index in [0.717, 1.165) is 18.7 Å². The van der Waals surface area contributed by atoms with Crippen molar-refractivity contribution in [1.29, 1.82) is 0 Å². The van der Waals surface area contributed by atoms with Crippen LogP contribution in [0, 0.1) is 0 Å². The predicted molar refractivity (Wildman–Crippen MR) is 62.3 cm³/mol. The van der Waals surface area contributed by atoms with E-state index in [1.54, 1.807) is 6.20 Å². The molecule has 88 valence electrons. The van der Waals surface area contributed by atoms with Crippen LogP contribution in [0.1, 0.15) is 31.6 Å². The molecule has 0 bridgehead atoms. The Kier molecular flexibility index (Phi) is 3.41. The molecule has 0 spiro atoms. The van der Waals surface area contributed by atoms with Gasteiger partial charge in [0.15, 0.2) is 0 Å². The summed E-state index contributed by atoms with van der Waals surface area (Å²) in [6, 6.07) is 3.81. The van der Waals surface area contributed by atoms with Gasteiger partial charge in [0, 0.05) is 13.1 Å². The molecule has 1 fully saturated rings. The van der Waals surface area contributed by atoms with Crippen LogP contribution in [0.3, 0.4) is 0 Å². The van der Waals surface area contributed by atoms with Crippen LogP contribution < -0.4 is 4.90 Å². The van der Waals surface area contributed by atoms with Crippen LogP contribution in [-0.2, 0) is 0 Å². The van der Waals surface area contributed by atoms with E-state index in [9.17, 15) is 10.2 Å². The molecule has 1 aliphatic rings. The number of aliphatic hydroxyl groups is 2. The standard InChI is InChI=1S/C12H18N2O2/c1-2-12(16)11-4-3-9(7-13-11)14-6-5-10(15)8-14/h3-4,7,10,12,15-16H,2,5-6,8H2,1H3. The average Bonchev–Trinajstić information content (AvgIpc) is 2.75. The topological polar surface area (TPSA) is 56.6 Å². The lowest BCUT2D eigenvalue weighted by Gasteiger charge is -2.18. The molecular formula is C12H18N2O2. The molecule has 4 nitrogen and oxygen atoms in total. The molecular weight excluding hydrogens is 204 g/mol. The molecule has 0 radical (unpaired) electrons. The fourth-order valence-corrected chi connectivity index (χ4v) is 1.97. The maximum atomic E-state index is 9.61. The molecule has 1 aliphatic heterocycles. The van der Waals surface area contributed by atoms with E-state index >= 15 is 0 Å². The summed E-state index contributed by atoms with van der Waals surface area (Å²) in [6.07, 6.45) is 2.57. The van der Waals surface area contributed by atoms with Crippen LogP contribution in [0.15, 0.2) is 18.3 Å². The molecule has 1 saturated heterocycles. The average molecular weight is 222 g/mol. The van der Waals surface area contributed by atoms with E-state index in [2.05, 4.69) is 9.88 Å². The van der Waals surface area contributed by atoms with Gasteiger partial charge in [-0.25, -0.2) is 0 Å². The first-order valence-corrected chi connectivity index (χ1v) is 5.77. The van der Waals surface area contributed by atoms with Crippen LogP contribution in [0.5, 0.6) is 0 Å². The molecule has 2 rings (SSSR count). The molecule has 2 N–H and O–H groups in total. The minimum atomic E-state index is -0.474. The smallest absolute Gasteiger partial charge is 0.0957 e. The van der Waals surface area contributed by atoms with Crippen molar-refractivity contribution < 1.29 is 10.2 Å². The highest BCUT2D eigenvalue weighted by atomic mass is 16.3. The Hall–Kier alpha value is -1.13. The summed E-state index contributed by atoms with van der Waals surface area (Å²) in [5, 5.41) is 19.1. The molecule has 0 amide bonds. The molecule has 0 aliphatic carbocycles. The normalized spacial score (nSPS) is 22.4. The number of hydrogen-bond acceptors (Lipinski definition) is 4. The third-order valence-electron chi connectivity index (χ3n) is 3.03. The van der Waals surface area contributed by atoms with Crippen LogP contribution in [0.25, 0.3) is 0 Å². The van der Waals surface area contributed by atoms with Gasteiger partial charge in [-0.1, -0.05) is 6.92 Å². The van der Waals surface area contributed by atoms with E-state index in [-0.39, 0.29) is 6.10 Å². The third-order valence-corrected chi connectivity index (χ3v) is 3.03. The second kappa shape index (κ2) is 4.80. The molecule has 1 aromatic heterocycles. The second-order valence-electron chi connectivity index (χ2n) is 4.25. The number of anilines is 1. The van der Waals surface area contributed by atoms with Crippen molar-refractivity contribution in [3.63, 3.8) is 0 Å². The Bertz CT molecular complexity index is 339. The van der Waals surface area contributed by atoms with Crippen molar-refractivity contribution in [2.24, 2.45) is 0 Å². The van der Waals surface area contributed by atoms with Crippen molar-refractivity contribution in [1.82, 2.24) is 4.98 Å². The lowest BCUT2D eigenvalue weighted by molar-refractivity contribution is 0.169. The molecule has 2 heterocycles. The summed E-state index contributed by atoms with van der Waals surface area (Å²) in [6.45, 7) is 3.48. The molecule has 4 heteroatoms. The van der Waals surface area contributed by atoms with Crippen LogP contribution in [0.2, 0.25) is 0 Å². The van der Waals surface area contributed by atoms with Crippen LogP contribution in [0.4, 0.5) is 5.69 Å². The highest BCUT2D eigenvalue weighted by Crippen LogP contribution is 2.21. The summed E-state index contributed by atoms with van der Waals surface area (Å²) in [7, 11) is 0. The number of hydrogen-bond donors (Lipinski definition) is 2. The Labute approximate surface area is 95.5 Å². The summed E-state index contributed by atoms with van der Waals surface area (Å²) < 4.78 is 0. The zero-order valence-electron chi connectivity index (χ0n) is 9.50. The first kappa shape index (κ1) is 11.4. The minimum Gasteiger partial charge on any atom is -0.391 e. The first-order valence-electron chi connectivity index (χ1n) is 5.77. The van der Waals surface area contributed by atoms with Crippen molar-refractivity contribution >= 4 is 5.69 Å². The molecule has 2 atom stereocenters. The van der Waals surface area contributed by atoms with Crippen molar-refractivity contribution in [2.45, 2.75) is 32.0 Å². The molecule has 16 heavy (non-hydrogen) atoms. The van der Waals surface area contributed by atoms with Crippen molar-refractivity contribution in [2.75, 3.05) is 18.0 Å². The second-order valence-corrected chi connectivity index (χ2v) is 4.25. The van der Waals surface area contributed by atoms with Gasteiger partial charge in [-0.3, -0.25) is 4.98 Å². The zero-order chi connectivity index (χ0) is 11.5. The highest BCUT2D eigenvalue weighted by molar-refractivity contribution is 5.45. The summed E-state index contributed by atoms with van der Waals surface area (Å²) in [5.41, 5.74) is 1.73. The van der Waals surface area contributed by atoms with E-state index in [4.69, 9.17) is 0 Å². The van der Waals surface area contributed by atoms with Crippen LogP contribution >= 0.6 is 0 Å². The van der Waals surface area contributed by atoms with Crippen molar-refractivity contribution in [3.8, 4) is 0 Å². The number of aliphatic hydroxyl groups excluding tert-OH is 2. The quantitative estimate of drug-likeness (QED) is 0.804. The number of rotatable bonds is 3. The summed E-state index contributed by atoms with van der Waals surface area (Å²) in [5.74, 6) is 0. The Morgan fingerprint density at radius 2 is 2.38 bits per heavy atom. The van der Waals surface area contributed by atoms with E-state index in [1.165, 1.54) is 0 Å². The van der Waals surface area contributed by atoms with Gasteiger partial charge in [-0.2, -0.15) is 0 Å². The van der Waals surface area contributed by atoms with Gasteiger partial charge in [-0.05, 0) is 25.0 Å². The zero-order valence-corrected chi connectivity index (χ0v) is 9.50. The van der Waals surface area contributed by atoms with Gasteiger partial charge in [0.05, 0.1) is 29.8 Å². The SMILES string of the molecule is CCC(O)c1ccc(N2CCC(O)C2)cn1. The fraction of sp³-hybridized carbons (Fsp3) is 0.583. The largest absolute Gasteiger partial charge is 0.391 e. The number of β-amino-alcohol motifs (C(OH)–C–C–N with tert-alkyl or cyclic N) is 1. The maximum Gasteiger partial charge on any atom is 0.0957 e. The Morgan fingerprint density at radius 3 is 2.88 bits per heavy atom. The molecule has 2 unspecified atom stereocenters. The van der Waals surface area contributed by atoms with E-state index < -0.39 is 6.10 Å². The van der Waals surface area contributed by atoms with Crippen molar-refractivity contribution in [3.05, 3.63) is 24.0 Å². The number of pyridine rings is 1. The number of nitrogens with zero attached hydrogens (tertiary/aromatic N) is 2. The van der Waals surface area contributed by atoms with Gasteiger partial charge >= 0.3 is 0 Å². The van der Waals surface area contributed by atoms with Gasteiger partial charge < -0.3 is 15.1 Å². The monoisotopic (exact) mass is 222 g/mol. The Balaban J connectivity index is 2.07. The van der Waals surface area contributed by atoms with Crippen LogP contribution in [-0.4, -0.2) is 34.4 Å². The lowest BCUT2D eigenvalue weighted by Crippen LogP contribution is -2.21. The first-order chi connectivity index (χ1) is 7.70. The predicted octanol–water partition coefficient (Wildman–Crippen LogP) is 1.10. The maximum absolute atomic E-state index is 9.61. The van der Waals surface area contributed by atoms with E-state index in [1.807, 2.05) is 19.1 Å². The third kappa shape index (κ3) is 2.33. The van der Waals surface area contributed by atoms with Gasteiger partial charge in [0.25, 0.3) is 0 Å². The lowest BCUT2D eigenvalue weighted by atomic mass is 10.2. The summed E-state index contributed by atoms with van der Waals surface area (Å²) in [4.78, 5) is 6.36. The highest BCUT2D eigenvalue weighted by Gasteiger charge is 2.20. The molecule has 1 aromatic rings. The minimum absolute atomic E-state index is 0.221. The van der Waals surface area contributed by atoms with Gasteiger partial charge in [0.1, 0.15) is 0 Å².